The zero-order valence-corrected chi connectivity index (χ0v) is 50.4. The predicted octanol–water partition coefficient (Wildman–Crippen LogP) is -0.103. The molecule has 6 amide bonds. The Morgan fingerprint density at radius 2 is 1.01 bits per heavy atom. The number of rotatable bonds is 19. The highest BCUT2D eigenvalue weighted by atomic mass is 16.8. The lowest BCUT2D eigenvalue weighted by molar-refractivity contribution is -0.287. The monoisotopic (exact) mass is 1200 g/mol. The summed E-state index contributed by atoms with van der Waals surface area (Å²) >= 11 is 0. The highest BCUT2D eigenvalue weighted by molar-refractivity contribution is 5.81. The molecule has 478 valence electrons. The van der Waals surface area contributed by atoms with Gasteiger partial charge in [-0.25, -0.2) is 24.0 Å². The molecule has 2 saturated heterocycles. The van der Waals surface area contributed by atoms with Crippen molar-refractivity contribution in [3.05, 3.63) is 12.2 Å². The van der Waals surface area contributed by atoms with Gasteiger partial charge < -0.3 is 120 Å². The van der Waals surface area contributed by atoms with Crippen molar-refractivity contribution in [3.63, 3.8) is 0 Å². The number of aliphatic hydroxyl groups excluding tert-OH is 6. The third kappa shape index (κ3) is 23.1. The molecule has 3 aliphatic heterocycles. The maximum atomic E-state index is 13.8. The van der Waals surface area contributed by atoms with Crippen molar-refractivity contribution in [1.29, 1.82) is 0 Å². The van der Waals surface area contributed by atoms with Gasteiger partial charge >= 0.3 is 30.5 Å². The number of likely N-dealkylation sites (N-methyl/N-ethyl adjacent to an activating group) is 1. The molecule has 0 aromatic heterocycles. The van der Waals surface area contributed by atoms with Gasteiger partial charge in [0.25, 0.3) is 0 Å². The number of ether oxygens (including phenoxy) is 11. The molecule has 1 aliphatic carbocycles. The molecule has 3 fully saturated rings. The van der Waals surface area contributed by atoms with Crippen LogP contribution in [0, 0.1) is 0 Å². The molecule has 0 bridgehead atoms. The zero-order chi connectivity index (χ0) is 62.7. The fourth-order valence-electron chi connectivity index (χ4n) is 8.85. The van der Waals surface area contributed by atoms with E-state index in [1.807, 2.05) is 0 Å². The van der Waals surface area contributed by atoms with E-state index < -0.39 is 188 Å². The summed E-state index contributed by atoms with van der Waals surface area (Å²) in [5.41, 5.74) is -4.83. The molecular weight excluding hydrogens is 1100 g/mol. The van der Waals surface area contributed by atoms with Crippen LogP contribution in [0.4, 0.5) is 24.0 Å². The molecule has 1 saturated carbocycles. The number of amides is 6. The molecule has 18 unspecified atom stereocenters. The third-order valence-corrected chi connectivity index (χ3v) is 12.2. The summed E-state index contributed by atoms with van der Waals surface area (Å²) in [5, 5.41) is 87.7. The molecule has 0 radical (unpaired) electrons. The third-order valence-electron chi connectivity index (χ3n) is 12.2. The maximum absolute atomic E-state index is 13.8. The Balaban J connectivity index is 1.79. The Labute approximate surface area is 484 Å². The van der Waals surface area contributed by atoms with Crippen LogP contribution in [0.3, 0.4) is 0 Å². The van der Waals surface area contributed by atoms with Crippen LogP contribution in [-0.2, 0) is 56.9 Å². The van der Waals surface area contributed by atoms with Crippen LogP contribution in [0.2, 0.25) is 0 Å². The lowest BCUT2D eigenvalue weighted by atomic mass is 9.83. The van der Waals surface area contributed by atoms with E-state index in [2.05, 4.69) is 37.2 Å². The molecule has 0 aromatic carbocycles. The molecule has 3 heterocycles. The van der Waals surface area contributed by atoms with Crippen molar-refractivity contribution in [2.24, 2.45) is 0 Å². The molecule has 13 N–H and O–H groups in total. The number of hydrogen-bond donors (Lipinski definition) is 13. The van der Waals surface area contributed by atoms with E-state index in [9.17, 15) is 59.4 Å². The number of nitrogens with one attached hydrogen (secondary N) is 7. The molecule has 0 aromatic rings. The lowest BCUT2D eigenvalue weighted by Gasteiger charge is -2.47. The first kappa shape index (κ1) is 70.5. The van der Waals surface area contributed by atoms with Crippen LogP contribution < -0.4 is 37.2 Å². The molecule has 4 aliphatic rings. The van der Waals surface area contributed by atoms with Crippen molar-refractivity contribution in [1.82, 2.24) is 37.2 Å². The average Bonchev–Trinajstić information content (AvgIpc) is 3.72. The number of carbonyl (C=O) groups excluding carboxylic acids is 6. The van der Waals surface area contributed by atoms with E-state index in [4.69, 9.17) is 52.1 Å². The Hall–Kier alpha value is -4.96. The van der Waals surface area contributed by atoms with Gasteiger partial charge in [-0.2, -0.15) is 0 Å². The first-order valence-electron chi connectivity index (χ1n) is 27.7. The predicted molar refractivity (Wildman–Crippen MR) is 290 cm³/mol. The molecule has 83 heavy (non-hydrogen) atoms. The van der Waals surface area contributed by atoms with Crippen LogP contribution in [-0.4, -0.2) is 238 Å². The summed E-state index contributed by atoms with van der Waals surface area (Å²) < 4.78 is 65.0. The lowest BCUT2D eigenvalue weighted by Crippen LogP contribution is -2.68. The summed E-state index contributed by atoms with van der Waals surface area (Å²) in [6.45, 7) is 22.9. The Morgan fingerprint density at radius 3 is 1.55 bits per heavy atom. The van der Waals surface area contributed by atoms with Crippen molar-refractivity contribution in [2.75, 3.05) is 33.3 Å². The Bertz CT molecular complexity index is 2180. The van der Waals surface area contributed by atoms with Crippen LogP contribution in [0.5, 0.6) is 0 Å². The summed E-state index contributed by atoms with van der Waals surface area (Å²) in [6, 6.07) is -5.61. The second-order valence-electron chi connectivity index (χ2n) is 25.6. The number of alkyl carbamates (subject to hydrolysis) is 5. The van der Waals surface area contributed by atoms with Crippen LogP contribution >= 0.6 is 0 Å². The topological polar surface area (TPSA) is 410 Å². The molecule has 30 nitrogen and oxygen atoms in total. The summed E-state index contributed by atoms with van der Waals surface area (Å²) in [7, 11) is 1.67. The first-order valence-corrected chi connectivity index (χ1v) is 27.7. The quantitative estimate of drug-likeness (QED) is 0.0593. The molecule has 18 atom stereocenters. The maximum Gasteiger partial charge on any atom is 0.408 e. The van der Waals surface area contributed by atoms with Gasteiger partial charge in [-0.05, 0) is 124 Å². The number of aliphatic hydroxyl groups is 6. The smallest absolute Gasteiger partial charge is 0.408 e. The van der Waals surface area contributed by atoms with Crippen LogP contribution in [0.15, 0.2) is 12.2 Å². The fourth-order valence-corrected chi connectivity index (χ4v) is 8.85. The molecule has 0 spiro atoms. The Kier molecular flexibility index (Phi) is 25.0. The summed E-state index contributed by atoms with van der Waals surface area (Å²) in [5.74, 6) is -1.04. The fraction of sp³-hybridized carbons (Fsp3) is 0.849. The highest BCUT2D eigenvalue weighted by Crippen LogP contribution is 2.36. The van der Waals surface area contributed by atoms with E-state index in [0.29, 0.717) is 0 Å². The van der Waals surface area contributed by atoms with Crippen molar-refractivity contribution in [2.45, 2.75) is 255 Å². The minimum absolute atomic E-state index is 0.219. The number of hydrogen-bond acceptors (Lipinski definition) is 24. The SMILES string of the molecule is CNCC1C=CC(NC(=O)OC(C)(C)C)C(OC2C(NC(=O)OC(C)(C)C)CC(NC(=O)C(O)CCNC(=O)OC(C)(C)C)C(O)C2OC2OC(CO)C(OC3OC(CNC(=O)OC(C)(C)C)C(O)C(O)C3NC(=O)OC(C)(C)C)C2O)O1. The van der Waals surface area contributed by atoms with E-state index in [1.54, 1.807) is 123 Å². The zero-order valence-electron chi connectivity index (χ0n) is 50.4. The van der Waals surface area contributed by atoms with Gasteiger partial charge in [-0.15, -0.1) is 0 Å². The van der Waals surface area contributed by atoms with Crippen LogP contribution in [0.1, 0.15) is 117 Å². The first-order chi connectivity index (χ1) is 38.2. The van der Waals surface area contributed by atoms with Gasteiger partial charge in [0, 0.05) is 19.6 Å². The second-order valence-corrected chi connectivity index (χ2v) is 25.6. The average molecular weight is 1200 g/mol. The minimum Gasteiger partial charge on any atom is -0.444 e. The number of carbonyl (C=O) groups is 6. The standard InChI is InChI=1S/C53H93N7O23/c1-49(2,3)79-44(68)55-20-19-29(62)40(67)57-27-21-28(59-47(71)82-52(10,11)12)37(76-41-26(18-17-25(73-41)22-54-16)58-46(70)81-51(7,8)9)39(33(27)63)78-43-36(66)38(31(24-61)75-43)77-42-32(60-48(72)83-53(13,14)15)35(65)34(64)30(74-42)23-56-45(69)80-50(4,5)6/h17-18,25-39,41-43,54,61-66H,19-24H2,1-16H3,(H,55,68)(H,56,69)(H,57,67)(H,58,70)(H,59,71)(H,60,72). The van der Waals surface area contributed by atoms with Crippen molar-refractivity contribution >= 4 is 36.4 Å². The van der Waals surface area contributed by atoms with Gasteiger partial charge in [0.1, 0.15) is 101 Å². The largest absolute Gasteiger partial charge is 0.444 e. The molecule has 4 rings (SSSR count). The Morgan fingerprint density at radius 1 is 0.518 bits per heavy atom. The van der Waals surface area contributed by atoms with Gasteiger partial charge in [0.05, 0.1) is 24.8 Å². The van der Waals surface area contributed by atoms with Gasteiger partial charge in [-0.3, -0.25) is 4.79 Å². The van der Waals surface area contributed by atoms with Gasteiger partial charge in [0.15, 0.2) is 18.9 Å². The summed E-state index contributed by atoms with van der Waals surface area (Å²) in [4.78, 5) is 79.1. The van der Waals surface area contributed by atoms with E-state index in [1.165, 1.54) is 0 Å². The van der Waals surface area contributed by atoms with E-state index in [0.717, 1.165) is 0 Å². The van der Waals surface area contributed by atoms with E-state index >= 15 is 0 Å². The molecular formula is C53H93N7O23. The minimum atomic E-state index is -2.00. The van der Waals surface area contributed by atoms with Gasteiger partial charge in [-0.1, -0.05) is 12.2 Å². The normalized spacial score (nSPS) is 31.8. The second kappa shape index (κ2) is 29.4. The van der Waals surface area contributed by atoms with Crippen molar-refractivity contribution in [3.8, 4) is 0 Å². The highest BCUT2D eigenvalue weighted by Gasteiger charge is 2.56. The van der Waals surface area contributed by atoms with Gasteiger partial charge in [0.2, 0.25) is 5.91 Å². The summed E-state index contributed by atoms with van der Waals surface area (Å²) in [6.07, 6.45) is -25.7. The van der Waals surface area contributed by atoms with E-state index in [-0.39, 0.29) is 25.9 Å². The van der Waals surface area contributed by atoms with Crippen LogP contribution in [0.25, 0.3) is 0 Å². The molecule has 30 heteroatoms. The van der Waals surface area contributed by atoms with Crippen molar-refractivity contribution < 1.29 is 112 Å².